The van der Waals surface area contributed by atoms with Crippen LogP contribution in [0.5, 0.6) is 0 Å². The molecule has 0 aliphatic heterocycles. The third kappa shape index (κ3) is 28.6. The summed E-state index contributed by atoms with van der Waals surface area (Å²) in [6.07, 6.45) is 35.9. The van der Waals surface area contributed by atoms with E-state index in [4.69, 9.17) is 9.47 Å². The molecule has 57 heavy (non-hydrogen) atoms. The van der Waals surface area contributed by atoms with Crippen molar-refractivity contribution in [3.8, 4) is 0 Å². The topological polar surface area (TPSA) is 114 Å². The van der Waals surface area contributed by atoms with E-state index >= 15 is 0 Å². The second-order valence-corrected chi connectivity index (χ2v) is 16.7. The van der Waals surface area contributed by atoms with Gasteiger partial charge in [-0.25, -0.2) is 0 Å². The maximum absolute atomic E-state index is 13.0. The van der Waals surface area contributed by atoms with Gasteiger partial charge in [0.15, 0.2) is 0 Å². The number of nitrogens with zero attached hydrogens (tertiary/aromatic N) is 1. The van der Waals surface area contributed by atoms with Crippen LogP contribution >= 0.6 is 0 Å². The van der Waals surface area contributed by atoms with Crippen molar-refractivity contribution >= 4 is 23.3 Å². The van der Waals surface area contributed by atoms with Crippen LogP contribution < -0.4 is 21.5 Å². The minimum absolute atomic E-state index is 0.0216. The Bertz CT molecular complexity index is 1150. The fraction of sp³-hybridized carbons (Fsp3) is 0.875. The summed E-state index contributed by atoms with van der Waals surface area (Å²) in [6.45, 7) is 10.9. The van der Waals surface area contributed by atoms with Gasteiger partial charge in [0, 0.05) is 26.4 Å². The average molecular weight is 804 g/mol. The lowest BCUT2D eigenvalue weighted by Crippen LogP contribution is -2.37. The Morgan fingerprint density at radius 2 is 0.930 bits per heavy atom. The monoisotopic (exact) mass is 804 g/mol. The molecule has 9 nitrogen and oxygen atoms in total. The summed E-state index contributed by atoms with van der Waals surface area (Å²) >= 11 is 0. The van der Waals surface area contributed by atoms with Gasteiger partial charge in [0.2, 0.25) is 0 Å². The maximum Gasteiger partial charge on any atom is 0.306 e. The van der Waals surface area contributed by atoms with Crippen molar-refractivity contribution in [1.29, 1.82) is 0 Å². The lowest BCUT2D eigenvalue weighted by molar-refractivity contribution is -0.150. The predicted octanol–water partition coefficient (Wildman–Crippen LogP) is 12.0. The van der Waals surface area contributed by atoms with Crippen LogP contribution in [0.3, 0.4) is 0 Å². The summed E-state index contributed by atoms with van der Waals surface area (Å²) in [6, 6.07) is 0. The third-order valence-corrected chi connectivity index (χ3v) is 11.4. The molecule has 9 heteroatoms. The number of nitrogens with one attached hydrogen (secondary N) is 2. The zero-order valence-electron chi connectivity index (χ0n) is 37.6. The Hall–Kier alpha value is -2.42. The quantitative estimate of drug-likeness (QED) is 0.0378. The standard InChI is InChI=1S/C48H89N3O6/c1-5-8-11-13-16-20-24-33-42(34-25-21-17-14-12-9-6-2)57-44(53)36-27-30-39-51(40-31-28-37-50-46-45(49-4)47(54)48(46)55)38-29-23-19-15-18-22-26-35-43(52)56-41-32-10-7-3/h42,49-50H,5-41H2,1-4H3. The molecule has 0 aromatic heterocycles. The van der Waals surface area contributed by atoms with Gasteiger partial charge >= 0.3 is 11.9 Å². The van der Waals surface area contributed by atoms with E-state index in [-0.39, 0.29) is 18.0 Å². The average Bonchev–Trinajstić information content (AvgIpc) is 3.21. The van der Waals surface area contributed by atoms with Gasteiger partial charge < -0.3 is 25.0 Å². The molecule has 0 atom stereocenters. The van der Waals surface area contributed by atoms with Crippen LogP contribution in [0.4, 0.5) is 11.4 Å². The second kappa shape index (κ2) is 37.8. The first-order chi connectivity index (χ1) is 27.9. The molecule has 0 aliphatic rings. The summed E-state index contributed by atoms with van der Waals surface area (Å²) < 4.78 is 11.4. The summed E-state index contributed by atoms with van der Waals surface area (Å²) in [5, 5.41) is 5.98. The van der Waals surface area contributed by atoms with E-state index in [1.165, 1.54) is 96.3 Å². The molecule has 0 saturated carbocycles. The van der Waals surface area contributed by atoms with Crippen molar-refractivity contribution in [2.24, 2.45) is 0 Å². The van der Waals surface area contributed by atoms with Gasteiger partial charge in [0.25, 0.3) is 10.9 Å². The molecule has 0 aliphatic carbocycles. The molecule has 0 bridgehead atoms. The highest BCUT2D eigenvalue weighted by atomic mass is 16.5. The summed E-state index contributed by atoms with van der Waals surface area (Å²) in [7, 11) is 1.67. The molecule has 0 saturated heterocycles. The molecule has 1 rings (SSSR count). The third-order valence-electron chi connectivity index (χ3n) is 11.4. The lowest BCUT2D eigenvalue weighted by Gasteiger charge is -2.23. The largest absolute Gasteiger partial charge is 0.466 e. The van der Waals surface area contributed by atoms with Crippen molar-refractivity contribution in [2.75, 3.05) is 50.5 Å². The SMILES string of the molecule is CCCCCCCCCC(CCCCCCCCC)OC(=O)CCCCN(CCCCCCCCCC(=O)OCCCCC)CCCCNc1c(NC)c(=O)c1=O. The molecule has 1 aromatic rings. The van der Waals surface area contributed by atoms with Gasteiger partial charge in [-0.15, -0.1) is 0 Å². The highest BCUT2D eigenvalue weighted by Crippen LogP contribution is 2.19. The van der Waals surface area contributed by atoms with Crippen molar-refractivity contribution in [2.45, 2.75) is 232 Å². The molecule has 0 radical (unpaired) electrons. The summed E-state index contributed by atoms with van der Waals surface area (Å²) in [5.74, 6) is -0.0706. The van der Waals surface area contributed by atoms with Gasteiger partial charge in [-0.1, -0.05) is 143 Å². The zero-order valence-corrected chi connectivity index (χ0v) is 37.6. The van der Waals surface area contributed by atoms with Gasteiger partial charge in [-0.05, 0) is 90.3 Å². The second-order valence-electron chi connectivity index (χ2n) is 16.7. The van der Waals surface area contributed by atoms with Crippen LogP contribution in [0.1, 0.15) is 226 Å². The highest BCUT2D eigenvalue weighted by molar-refractivity contribution is 5.73. The van der Waals surface area contributed by atoms with E-state index in [1.807, 2.05) is 0 Å². The summed E-state index contributed by atoms with van der Waals surface area (Å²) in [5.41, 5.74) is -0.0606. The van der Waals surface area contributed by atoms with Crippen molar-refractivity contribution in [3.63, 3.8) is 0 Å². The van der Waals surface area contributed by atoms with Crippen molar-refractivity contribution < 1.29 is 19.1 Å². The highest BCUT2D eigenvalue weighted by Gasteiger charge is 2.19. The summed E-state index contributed by atoms with van der Waals surface area (Å²) in [4.78, 5) is 51.1. The number of ether oxygens (including phenoxy) is 2. The van der Waals surface area contributed by atoms with E-state index in [1.54, 1.807) is 7.05 Å². The van der Waals surface area contributed by atoms with E-state index in [9.17, 15) is 19.2 Å². The Morgan fingerprint density at radius 3 is 1.49 bits per heavy atom. The fourth-order valence-corrected chi connectivity index (χ4v) is 7.68. The first-order valence-corrected chi connectivity index (χ1v) is 24.2. The molecular formula is C48H89N3O6. The molecule has 2 N–H and O–H groups in total. The molecule has 0 amide bonds. The molecule has 0 unspecified atom stereocenters. The van der Waals surface area contributed by atoms with Crippen LogP contribution in [0.2, 0.25) is 0 Å². The molecule has 0 spiro atoms. The first-order valence-electron chi connectivity index (χ1n) is 24.2. The van der Waals surface area contributed by atoms with Crippen LogP contribution in [0, 0.1) is 0 Å². The fourth-order valence-electron chi connectivity index (χ4n) is 7.68. The number of esters is 2. The smallest absolute Gasteiger partial charge is 0.306 e. The Labute approximate surface area is 349 Å². The van der Waals surface area contributed by atoms with Crippen LogP contribution in [0.15, 0.2) is 9.59 Å². The van der Waals surface area contributed by atoms with Crippen LogP contribution in [-0.4, -0.2) is 62.8 Å². The van der Waals surface area contributed by atoms with E-state index in [2.05, 4.69) is 36.3 Å². The van der Waals surface area contributed by atoms with E-state index in [0.29, 0.717) is 37.4 Å². The van der Waals surface area contributed by atoms with E-state index in [0.717, 1.165) is 116 Å². The minimum Gasteiger partial charge on any atom is -0.466 e. The number of hydrogen-bond donors (Lipinski definition) is 2. The molecule has 0 heterocycles. The molecule has 1 aromatic carbocycles. The Kier molecular flexibility index (Phi) is 34.9. The van der Waals surface area contributed by atoms with Crippen molar-refractivity contribution in [1.82, 2.24) is 4.90 Å². The Morgan fingerprint density at radius 1 is 0.509 bits per heavy atom. The molecular weight excluding hydrogens is 715 g/mol. The number of unbranched alkanes of at least 4 members (excludes halogenated alkanes) is 22. The first kappa shape index (κ1) is 52.6. The minimum atomic E-state index is -0.440. The van der Waals surface area contributed by atoms with Crippen LogP contribution in [0.25, 0.3) is 0 Å². The van der Waals surface area contributed by atoms with Crippen molar-refractivity contribution in [3.05, 3.63) is 20.4 Å². The predicted molar refractivity (Wildman–Crippen MR) is 241 cm³/mol. The van der Waals surface area contributed by atoms with Crippen LogP contribution in [-0.2, 0) is 19.1 Å². The lowest BCUT2D eigenvalue weighted by atomic mass is 10.0. The van der Waals surface area contributed by atoms with Gasteiger partial charge in [-0.3, -0.25) is 19.2 Å². The normalized spacial score (nSPS) is 11.5. The van der Waals surface area contributed by atoms with Gasteiger partial charge in [0.05, 0.1) is 6.61 Å². The zero-order chi connectivity index (χ0) is 41.6. The maximum atomic E-state index is 13.0. The number of carbonyl (C=O) groups excluding carboxylic acids is 2. The Balaban J connectivity index is 2.47. The van der Waals surface area contributed by atoms with Gasteiger partial charge in [-0.2, -0.15) is 0 Å². The molecule has 332 valence electrons. The number of anilines is 2. The van der Waals surface area contributed by atoms with E-state index < -0.39 is 10.9 Å². The van der Waals surface area contributed by atoms with Gasteiger partial charge in [0.1, 0.15) is 17.5 Å². The molecule has 0 fully saturated rings. The number of hydrogen-bond acceptors (Lipinski definition) is 9. The number of carbonyl (C=O) groups is 2. The number of rotatable bonds is 43.